The Morgan fingerprint density at radius 1 is 1.54 bits per heavy atom. The van der Waals surface area contributed by atoms with E-state index in [9.17, 15) is 0 Å². The fraction of sp³-hybridized carbons (Fsp3) is 0.182. The van der Waals surface area contributed by atoms with Crippen LogP contribution in [-0.4, -0.2) is 6.21 Å². The molecule has 1 heterocycles. The Labute approximate surface area is 83.1 Å². The summed E-state index contributed by atoms with van der Waals surface area (Å²) in [7, 11) is 0. The highest BCUT2D eigenvalue weighted by Crippen LogP contribution is 2.24. The molecule has 0 amide bonds. The molecule has 0 radical (unpaired) electrons. The third kappa shape index (κ3) is 2.67. The lowest BCUT2D eigenvalue weighted by atomic mass is 10.2. The number of allylic oxidation sites excluding steroid dienone is 2. The summed E-state index contributed by atoms with van der Waals surface area (Å²) >= 11 is 1.76. The molecule has 0 aliphatic rings. The highest BCUT2D eigenvalue weighted by Gasteiger charge is 1.98. The van der Waals surface area contributed by atoms with Crippen LogP contribution < -0.4 is 0 Å². The van der Waals surface area contributed by atoms with E-state index in [0.717, 1.165) is 5.57 Å². The van der Waals surface area contributed by atoms with Crippen molar-refractivity contribution in [1.29, 1.82) is 0 Å². The lowest BCUT2D eigenvalue weighted by molar-refractivity contribution is 1.58. The van der Waals surface area contributed by atoms with Gasteiger partial charge in [-0.3, -0.25) is 4.99 Å². The van der Waals surface area contributed by atoms with Crippen LogP contribution in [0.4, 0.5) is 0 Å². The molecule has 0 N–H and O–H groups in total. The quantitative estimate of drug-likeness (QED) is 0.510. The zero-order valence-electron chi connectivity index (χ0n) is 7.95. The second-order valence-electron chi connectivity index (χ2n) is 2.61. The molecule has 68 valence electrons. The molecule has 1 aromatic rings. The van der Waals surface area contributed by atoms with Crippen molar-refractivity contribution in [3.8, 4) is 0 Å². The zero-order valence-corrected chi connectivity index (χ0v) is 8.77. The molecule has 0 unspecified atom stereocenters. The van der Waals surface area contributed by atoms with Gasteiger partial charge in [-0.25, -0.2) is 0 Å². The minimum Gasteiger partial charge on any atom is -0.269 e. The molecular weight excluding hydrogens is 178 g/mol. The first-order valence-electron chi connectivity index (χ1n) is 4.15. The van der Waals surface area contributed by atoms with Gasteiger partial charge < -0.3 is 0 Å². The number of nitrogens with zero attached hydrogens (tertiary/aromatic N) is 1. The van der Waals surface area contributed by atoms with Crippen LogP contribution in [-0.2, 0) is 0 Å². The maximum absolute atomic E-state index is 4.08. The minimum absolute atomic E-state index is 1.08. The van der Waals surface area contributed by atoms with Crippen LogP contribution in [0, 0.1) is 6.92 Å². The lowest BCUT2D eigenvalue weighted by Gasteiger charge is -1.93. The van der Waals surface area contributed by atoms with E-state index < -0.39 is 0 Å². The van der Waals surface area contributed by atoms with E-state index in [4.69, 9.17) is 0 Å². The van der Waals surface area contributed by atoms with Gasteiger partial charge in [-0.15, -0.1) is 11.3 Å². The lowest BCUT2D eigenvalue weighted by Crippen LogP contribution is -1.71. The average molecular weight is 191 g/mol. The van der Waals surface area contributed by atoms with Crippen molar-refractivity contribution in [3.63, 3.8) is 0 Å². The molecule has 1 aromatic heterocycles. The van der Waals surface area contributed by atoms with Crippen molar-refractivity contribution in [2.24, 2.45) is 4.99 Å². The summed E-state index contributed by atoms with van der Waals surface area (Å²) in [6.45, 7) is 7.76. The van der Waals surface area contributed by atoms with Gasteiger partial charge in [0, 0.05) is 27.7 Å². The van der Waals surface area contributed by atoms with E-state index in [0.29, 0.717) is 0 Å². The van der Waals surface area contributed by atoms with E-state index in [1.807, 2.05) is 19.2 Å². The van der Waals surface area contributed by atoms with Gasteiger partial charge >= 0.3 is 0 Å². The minimum atomic E-state index is 1.08. The second kappa shape index (κ2) is 4.77. The van der Waals surface area contributed by atoms with Crippen molar-refractivity contribution in [1.82, 2.24) is 0 Å². The summed E-state index contributed by atoms with van der Waals surface area (Å²) in [5, 5.41) is 0. The van der Waals surface area contributed by atoms with Crippen molar-refractivity contribution in [2.75, 3.05) is 0 Å². The molecule has 0 aromatic carbocycles. The van der Waals surface area contributed by atoms with Crippen LogP contribution in [0.1, 0.15) is 16.7 Å². The predicted octanol–water partition coefficient (Wildman–Crippen LogP) is 3.67. The monoisotopic (exact) mass is 191 g/mol. The molecule has 0 fully saturated rings. The average Bonchev–Trinajstić information content (AvgIpc) is 2.54. The normalized spacial score (nSPS) is 12.3. The Bertz CT molecular complexity index is 345. The van der Waals surface area contributed by atoms with Gasteiger partial charge in [-0.05, 0) is 26.0 Å². The topological polar surface area (TPSA) is 12.4 Å². The maximum Gasteiger partial charge on any atom is 0.0360 e. The number of aryl methyl sites for hydroxylation is 1. The highest BCUT2D eigenvalue weighted by molar-refractivity contribution is 7.13. The molecule has 0 saturated heterocycles. The third-order valence-corrected chi connectivity index (χ3v) is 2.66. The first-order chi connectivity index (χ1) is 6.27. The first-order valence-corrected chi connectivity index (χ1v) is 4.96. The summed E-state index contributed by atoms with van der Waals surface area (Å²) in [5.74, 6) is 0. The molecule has 13 heavy (non-hydrogen) atoms. The number of aliphatic imine (C=N–C) groups is 1. The van der Waals surface area contributed by atoms with Gasteiger partial charge in [0.2, 0.25) is 0 Å². The Hall–Kier alpha value is -1.15. The molecule has 0 aliphatic carbocycles. The fourth-order valence-corrected chi connectivity index (χ4v) is 1.83. The van der Waals surface area contributed by atoms with E-state index in [1.54, 1.807) is 17.6 Å². The zero-order chi connectivity index (χ0) is 9.68. The molecule has 0 saturated carbocycles. The summed E-state index contributed by atoms with van der Waals surface area (Å²) in [5.41, 5.74) is 1.08. The van der Waals surface area contributed by atoms with E-state index >= 15 is 0 Å². The Balaban J connectivity index is 2.96. The number of thiophene rings is 1. The molecular formula is C11H13NS. The second-order valence-corrected chi connectivity index (χ2v) is 3.89. The SMILES string of the molecule is C=C/C(=C\N=CC)c1ccc(C)s1. The number of hydrogen-bond donors (Lipinski definition) is 0. The molecule has 0 atom stereocenters. The van der Waals surface area contributed by atoms with Crippen LogP contribution in [0.3, 0.4) is 0 Å². The standard InChI is InChI=1S/C11H13NS/c1-4-10(8-12-5-2)11-7-6-9(3)13-11/h4-8H,1H2,2-3H3/b10-8+,12-5?. The van der Waals surface area contributed by atoms with Gasteiger partial charge in [-0.2, -0.15) is 0 Å². The molecule has 0 aliphatic heterocycles. The summed E-state index contributed by atoms with van der Waals surface area (Å²) < 4.78 is 0. The van der Waals surface area contributed by atoms with Crippen LogP contribution in [0.2, 0.25) is 0 Å². The van der Waals surface area contributed by atoms with Crippen molar-refractivity contribution >= 4 is 23.1 Å². The Morgan fingerprint density at radius 2 is 2.31 bits per heavy atom. The summed E-state index contributed by atoms with van der Waals surface area (Å²) in [6.07, 6.45) is 5.43. The highest BCUT2D eigenvalue weighted by atomic mass is 32.1. The van der Waals surface area contributed by atoms with Crippen LogP contribution in [0.5, 0.6) is 0 Å². The van der Waals surface area contributed by atoms with E-state index in [2.05, 4.69) is 30.6 Å². The maximum atomic E-state index is 4.08. The first kappa shape index (κ1) is 9.93. The van der Waals surface area contributed by atoms with Gasteiger partial charge in [0.25, 0.3) is 0 Å². The Kier molecular flexibility index (Phi) is 3.65. The van der Waals surface area contributed by atoms with Crippen LogP contribution in [0.15, 0.2) is 36.0 Å². The number of hydrogen-bond acceptors (Lipinski definition) is 2. The van der Waals surface area contributed by atoms with E-state index in [-0.39, 0.29) is 0 Å². The van der Waals surface area contributed by atoms with Gasteiger partial charge in [0.15, 0.2) is 0 Å². The van der Waals surface area contributed by atoms with Crippen molar-refractivity contribution in [2.45, 2.75) is 13.8 Å². The molecule has 1 nitrogen and oxygen atoms in total. The third-order valence-electron chi connectivity index (χ3n) is 1.61. The van der Waals surface area contributed by atoms with Gasteiger partial charge in [0.1, 0.15) is 0 Å². The molecule has 1 rings (SSSR count). The van der Waals surface area contributed by atoms with Crippen molar-refractivity contribution < 1.29 is 0 Å². The molecule has 0 bridgehead atoms. The fourth-order valence-electron chi connectivity index (χ4n) is 0.961. The van der Waals surface area contributed by atoms with Gasteiger partial charge in [-0.1, -0.05) is 12.7 Å². The Morgan fingerprint density at radius 3 is 2.77 bits per heavy atom. The van der Waals surface area contributed by atoms with E-state index in [1.165, 1.54) is 9.75 Å². The van der Waals surface area contributed by atoms with Crippen LogP contribution in [0.25, 0.3) is 5.57 Å². The molecule has 2 heteroatoms. The largest absolute Gasteiger partial charge is 0.269 e. The smallest absolute Gasteiger partial charge is 0.0360 e. The summed E-state index contributed by atoms with van der Waals surface area (Å²) in [4.78, 5) is 6.61. The summed E-state index contributed by atoms with van der Waals surface area (Å²) in [6, 6.07) is 4.20. The predicted molar refractivity (Wildman–Crippen MR) is 61.4 cm³/mol. The van der Waals surface area contributed by atoms with Gasteiger partial charge in [0.05, 0.1) is 0 Å². The molecule has 0 spiro atoms. The van der Waals surface area contributed by atoms with Crippen molar-refractivity contribution in [3.05, 3.63) is 40.7 Å². The number of rotatable bonds is 3. The van der Waals surface area contributed by atoms with Crippen LogP contribution >= 0.6 is 11.3 Å².